The maximum absolute atomic E-state index is 4.28. The van der Waals surface area contributed by atoms with Gasteiger partial charge in [-0.2, -0.15) is 5.10 Å². The Labute approximate surface area is 83.1 Å². The van der Waals surface area contributed by atoms with Crippen molar-refractivity contribution in [1.29, 1.82) is 0 Å². The van der Waals surface area contributed by atoms with Crippen molar-refractivity contribution in [3.8, 4) is 0 Å². The zero-order chi connectivity index (χ0) is 9.97. The van der Waals surface area contributed by atoms with E-state index >= 15 is 0 Å². The maximum atomic E-state index is 4.28. The van der Waals surface area contributed by atoms with Gasteiger partial charge in [0.05, 0.1) is 17.9 Å². The van der Waals surface area contributed by atoms with Crippen molar-refractivity contribution < 1.29 is 0 Å². The quantitative estimate of drug-likeness (QED) is 0.791. The fourth-order valence-electron chi connectivity index (χ4n) is 1.44. The van der Waals surface area contributed by atoms with Gasteiger partial charge in [0.15, 0.2) is 0 Å². The van der Waals surface area contributed by atoms with Crippen molar-refractivity contribution in [2.75, 3.05) is 5.43 Å². The summed E-state index contributed by atoms with van der Waals surface area (Å²) < 4.78 is 3.83. The number of nitrogens with zero attached hydrogens (tertiary/aromatic N) is 3. The van der Waals surface area contributed by atoms with Crippen LogP contribution in [-0.4, -0.2) is 14.5 Å². The first-order chi connectivity index (χ1) is 6.75. The van der Waals surface area contributed by atoms with E-state index in [0.29, 0.717) is 0 Å². The largest absolute Gasteiger partial charge is 0.320 e. The topological polar surface area (TPSA) is 34.8 Å². The summed E-state index contributed by atoms with van der Waals surface area (Å²) in [4.78, 5) is 0. The van der Waals surface area contributed by atoms with E-state index in [0.717, 1.165) is 12.2 Å². The smallest absolute Gasteiger partial charge is 0.0733 e. The highest BCUT2D eigenvalue weighted by Gasteiger charge is 2.00. The Hall–Kier alpha value is -1.71. The van der Waals surface area contributed by atoms with Crippen LogP contribution in [0.25, 0.3) is 0 Å². The Bertz CT molecular complexity index is 400. The van der Waals surface area contributed by atoms with E-state index in [1.54, 1.807) is 0 Å². The summed E-state index contributed by atoms with van der Waals surface area (Å²) in [5.41, 5.74) is 5.48. The molecule has 0 aromatic carbocycles. The molecule has 0 unspecified atom stereocenters. The van der Waals surface area contributed by atoms with Crippen molar-refractivity contribution in [2.45, 2.75) is 13.5 Å². The predicted molar refractivity (Wildman–Crippen MR) is 55.4 cm³/mol. The number of aromatic nitrogens is 3. The lowest BCUT2D eigenvalue weighted by Crippen LogP contribution is -2.14. The van der Waals surface area contributed by atoms with Crippen LogP contribution in [0, 0.1) is 6.92 Å². The lowest BCUT2D eigenvalue weighted by molar-refractivity contribution is 0.693. The number of aryl methyl sites for hydroxylation is 2. The number of hydrogen-bond donors (Lipinski definition) is 1. The molecular formula is C10H14N4. The van der Waals surface area contributed by atoms with E-state index in [9.17, 15) is 0 Å². The van der Waals surface area contributed by atoms with Gasteiger partial charge in [0.2, 0.25) is 0 Å². The first kappa shape index (κ1) is 8.87. The molecule has 2 rings (SSSR count). The molecule has 0 fully saturated rings. The zero-order valence-electron chi connectivity index (χ0n) is 8.44. The van der Waals surface area contributed by atoms with Crippen LogP contribution in [-0.2, 0) is 13.6 Å². The zero-order valence-corrected chi connectivity index (χ0v) is 8.44. The summed E-state index contributed by atoms with van der Waals surface area (Å²) in [6.07, 6.45) is 3.95. The van der Waals surface area contributed by atoms with Crippen molar-refractivity contribution in [3.05, 3.63) is 42.0 Å². The molecule has 0 atom stereocenters. The molecule has 0 radical (unpaired) electrons. The third kappa shape index (κ3) is 1.79. The van der Waals surface area contributed by atoms with Gasteiger partial charge in [0, 0.05) is 19.4 Å². The SMILES string of the molecule is Cc1cc(CNn2cccc2)n(C)n1. The Morgan fingerprint density at radius 3 is 2.64 bits per heavy atom. The molecule has 1 N–H and O–H groups in total. The highest BCUT2D eigenvalue weighted by Crippen LogP contribution is 2.01. The summed E-state index contributed by atoms with van der Waals surface area (Å²) in [7, 11) is 1.96. The molecule has 0 spiro atoms. The Morgan fingerprint density at radius 1 is 1.36 bits per heavy atom. The summed E-state index contributed by atoms with van der Waals surface area (Å²) in [6, 6.07) is 6.06. The van der Waals surface area contributed by atoms with Gasteiger partial charge < -0.3 is 5.43 Å². The fraction of sp³-hybridized carbons (Fsp3) is 0.300. The van der Waals surface area contributed by atoms with E-state index in [4.69, 9.17) is 0 Å². The highest BCUT2D eigenvalue weighted by atomic mass is 15.4. The molecule has 2 heterocycles. The van der Waals surface area contributed by atoms with Crippen LogP contribution in [0.3, 0.4) is 0 Å². The summed E-state index contributed by atoms with van der Waals surface area (Å²) in [6.45, 7) is 2.78. The van der Waals surface area contributed by atoms with Gasteiger partial charge in [-0.25, -0.2) is 0 Å². The first-order valence-corrected chi connectivity index (χ1v) is 4.62. The number of hydrogen-bond acceptors (Lipinski definition) is 2. The molecule has 0 bridgehead atoms. The third-order valence-corrected chi connectivity index (χ3v) is 2.15. The molecule has 0 aliphatic rings. The van der Waals surface area contributed by atoms with Gasteiger partial charge >= 0.3 is 0 Å². The fourth-order valence-corrected chi connectivity index (χ4v) is 1.44. The highest BCUT2D eigenvalue weighted by molar-refractivity contribution is 5.10. The minimum atomic E-state index is 0.784. The lowest BCUT2D eigenvalue weighted by atomic mass is 10.4. The second-order valence-electron chi connectivity index (χ2n) is 3.33. The molecule has 0 aliphatic heterocycles. The standard InChI is InChI=1S/C10H14N4/c1-9-7-10(13(2)12-9)8-11-14-5-3-4-6-14/h3-7,11H,8H2,1-2H3. The van der Waals surface area contributed by atoms with Gasteiger partial charge in [-0.3, -0.25) is 9.36 Å². The van der Waals surface area contributed by atoms with E-state index < -0.39 is 0 Å². The van der Waals surface area contributed by atoms with Crippen LogP contribution in [0.1, 0.15) is 11.4 Å². The number of nitrogens with one attached hydrogen (secondary N) is 1. The van der Waals surface area contributed by atoms with Crippen LogP contribution in [0.2, 0.25) is 0 Å². The normalized spacial score (nSPS) is 10.4. The van der Waals surface area contributed by atoms with Gasteiger partial charge in [-0.05, 0) is 25.1 Å². The molecule has 0 saturated heterocycles. The van der Waals surface area contributed by atoms with Gasteiger partial charge in [0.1, 0.15) is 0 Å². The summed E-state index contributed by atoms with van der Waals surface area (Å²) >= 11 is 0. The maximum Gasteiger partial charge on any atom is 0.0733 e. The minimum Gasteiger partial charge on any atom is -0.320 e. The molecule has 0 saturated carbocycles. The average molecular weight is 190 g/mol. The van der Waals surface area contributed by atoms with Crippen LogP contribution < -0.4 is 5.43 Å². The summed E-state index contributed by atoms with van der Waals surface area (Å²) in [5, 5.41) is 4.28. The van der Waals surface area contributed by atoms with E-state index in [-0.39, 0.29) is 0 Å². The Kier molecular flexibility index (Phi) is 2.26. The summed E-state index contributed by atoms with van der Waals surface area (Å²) in [5.74, 6) is 0. The monoisotopic (exact) mass is 190 g/mol. The molecule has 0 amide bonds. The van der Waals surface area contributed by atoms with Crippen LogP contribution in [0.15, 0.2) is 30.6 Å². The van der Waals surface area contributed by atoms with Gasteiger partial charge in [-0.1, -0.05) is 0 Å². The molecule has 0 aliphatic carbocycles. The molecule has 4 heteroatoms. The van der Waals surface area contributed by atoms with Gasteiger partial charge in [0.25, 0.3) is 0 Å². The average Bonchev–Trinajstić information content (AvgIpc) is 2.72. The molecule has 14 heavy (non-hydrogen) atoms. The molecule has 2 aromatic rings. The molecule has 2 aromatic heterocycles. The van der Waals surface area contributed by atoms with E-state index in [1.807, 2.05) is 47.9 Å². The number of rotatable bonds is 3. The van der Waals surface area contributed by atoms with Crippen LogP contribution in [0.5, 0.6) is 0 Å². The minimum absolute atomic E-state index is 0.784. The Balaban J connectivity index is 2.01. The molecular weight excluding hydrogens is 176 g/mol. The first-order valence-electron chi connectivity index (χ1n) is 4.62. The van der Waals surface area contributed by atoms with Crippen molar-refractivity contribution in [2.24, 2.45) is 7.05 Å². The van der Waals surface area contributed by atoms with Crippen LogP contribution >= 0.6 is 0 Å². The van der Waals surface area contributed by atoms with E-state index in [2.05, 4.69) is 16.6 Å². The van der Waals surface area contributed by atoms with Gasteiger partial charge in [-0.15, -0.1) is 0 Å². The second kappa shape index (κ2) is 3.57. The molecule has 4 nitrogen and oxygen atoms in total. The molecule has 74 valence electrons. The van der Waals surface area contributed by atoms with Crippen LogP contribution in [0.4, 0.5) is 0 Å². The predicted octanol–water partition coefficient (Wildman–Crippen LogP) is 1.27. The van der Waals surface area contributed by atoms with Crippen molar-refractivity contribution in [1.82, 2.24) is 14.5 Å². The van der Waals surface area contributed by atoms with Crippen molar-refractivity contribution in [3.63, 3.8) is 0 Å². The Morgan fingerprint density at radius 2 is 2.07 bits per heavy atom. The lowest BCUT2D eigenvalue weighted by Gasteiger charge is -2.06. The van der Waals surface area contributed by atoms with Crippen molar-refractivity contribution >= 4 is 0 Å². The second-order valence-corrected chi connectivity index (χ2v) is 3.33. The third-order valence-electron chi connectivity index (χ3n) is 2.15. The van der Waals surface area contributed by atoms with E-state index in [1.165, 1.54) is 5.69 Å².